The number of hydrogen-bond donors (Lipinski definition) is 2. The number of carbonyl (C=O) groups is 1. The Bertz CT molecular complexity index is 236. The lowest BCUT2D eigenvalue weighted by molar-refractivity contribution is -0.122. The van der Waals surface area contributed by atoms with Gasteiger partial charge in [0.25, 0.3) is 0 Å². The third-order valence-corrected chi connectivity index (χ3v) is 3.51. The van der Waals surface area contributed by atoms with E-state index in [1.807, 2.05) is 7.05 Å². The van der Waals surface area contributed by atoms with E-state index in [1.165, 1.54) is 12.8 Å². The summed E-state index contributed by atoms with van der Waals surface area (Å²) in [5.74, 6) is 0.610. The van der Waals surface area contributed by atoms with Crippen LogP contribution in [-0.4, -0.2) is 57.2 Å². The van der Waals surface area contributed by atoms with Gasteiger partial charge in [0.15, 0.2) is 0 Å². The summed E-state index contributed by atoms with van der Waals surface area (Å²) in [6.07, 6.45) is 3.57. The molecule has 5 heteroatoms. The molecule has 1 aliphatic rings. The summed E-state index contributed by atoms with van der Waals surface area (Å²) in [5, 5.41) is 2.83. The fraction of sp³-hybridized carbons (Fsp3) is 0.917. The molecule has 0 radical (unpaired) electrons. The minimum absolute atomic E-state index is 0.0622. The van der Waals surface area contributed by atoms with Crippen LogP contribution in [0.15, 0.2) is 0 Å². The lowest BCUT2D eigenvalue weighted by atomic mass is 10.0. The number of nitrogens with two attached hydrogens (primary N) is 1. The standard InChI is InChI=1S/C12H25N3O2/c1-15(9-12(16)14-6-7-17-2)11-5-3-4-10(11)8-13/h10-11H,3-9,13H2,1-2H3,(H,14,16). The number of likely N-dealkylation sites (N-methyl/N-ethyl adjacent to an activating group) is 1. The molecular weight excluding hydrogens is 218 g/mol. The molecule has 1 amide bonds. The minimum Gasteiger partial charge on any atom is -0.383 e. The van der Waals surface area contributed by atoms with Crippen LogP contribution in [0.4, 0.5) is 0 Å². The van der Waals surface area contributed by atoms with E-state index in [2.05, 4.69) is 10.2 Å². The van der Waals surface area contributed by atoms with Gasteiger partial charge in [0.1, 0.15) is 0 Å². The topological polar surface area (TPSA) is 67.6 Å². The number of hydrogen-bond acceptors (Lipinski definition) is 4. The highest BCUT2D eigenvalue weighted by Crippen LogP contribution is 2.28. The smallest absolute Gasteiger partial charge is 0.234 e. The molecule has 0 aromatic carbocycles. The number of nitrogens with zero attached hydrogens (tertiary/aromatic N) is 1. The lowest BCUT2D eigenvalue weighted by Gasteiger charge is -2.28. The summed E-state index contributed by atoms with van der Waals surface area (Å²) < 4.78 is 4.89. The fourth-order valence-electron chi connectivity index (χ4n) is 2.56. The number of ether oxygens (including phenoxy) is 1. The Morgan fingerprint density at radius 3 is 2.94 bits per heavy atom. The summed E-state index contributed by atoms with van der Waals surface area (Å²) in [6.45, 7) is 2.31. The average Bonchev–Trinajstić information content (AvgIpc) is 2.77. The van der Waals surface area contributed by atoms with Crippen molar-refractivity contribution in [1.82, 2.24) is 10.2 Å². The largest absolute Gasteiger partial charge is 0.383 e. The van der Waals surface area contributed by atoms with Gasteiger partial charge in [-0.3, -0.25) is 9.69 Å². The van der Waals surface area contributed by atoms with Gasteiger partial charge in [0.05, 0.1) is 13.2 Å². The zero-order valence-electron chi connectivity index (χ0n) is 10.9. The fourth-order valence-corrected chi connectivity index (χ4v) is 2.56. The Balaban J connectivity index is 2.27. The number of amides is 1. The van der Waals surface area contributed by atoms with Crippen molar-refractivity contribution in [3.05, 3.63) is 0 Å². The van der Waals surface area contributed by atoms with E-state index in [9.17, 15) is 4.79 Å². The normalized spacial score (nSPS) is 24.2. The van der Waals surface area contributed by atoms with E-state index >= 15 is 0 Å². The molecule has 0 aromatic rings. The Labute approximate surface area is 104 Å². The number of carbonyl (C=O) groups excluding carboxylic acids is 1. The minimum atomic E-state index is 0.0622. The first-order valence-electron chi connectivity index (χ1n) is 6.35. The molecule has 0 aliphatic heterocycles. The third kappa shape index (κ3) is 4.61. The van der Waals surface area contributed by atoms with Crippen LogP contribution in [-0.2, 0) is 9.53 Å². The molecule has 0 saturated heterocycles. The zero-order chi connectivity index (χ0) is 12.7. The Morgan fingerprint density at radius 1 is 1.53 bits per heavy atom. The van der Waals surface area contributed by atoms with Crippen LogP contribution in [0.2, 0.25) is 0 Å². The molecule has 2 unspecified atom stereocenters. The average molecular weight is 243 g/mol. The van der Waals surface area contributed by atoms with Gasteiger partial charge in [-0.1, -0.05) is 6.42 Å². The van der Waals surface area contributed by atoms with E-state index in [0.29, 0.717) is 31.7 Å². The second-order valence-corrected chi connectivity index (χ2v) is 4.75. The van der Waals surface area contributed by atoms with Gasteiger partial charge in [0, 0.05) is 19.7 Å². The van der Waals surface area contributed by atoms with Gasteiger partial charge in [-0.2, -0.15) is 0 Å². The zero-order valence-corrected chi connectivity index (χ0v) is 10.9. The first-order chi connectivity index (χ1) is 8.19. The maximum Gasteiger partial charge on any atom is 0.234 e. The first-order valence-corrected chi connectivity index (χ1v) is 6.35. The van der Waals surface area contributed by atoms with Crippen molar-refractivity contribution in [2.45, 2.75) is 25.3 Å². The lowest BCUT2D eigenvalue weighted by Crippen LogP contribution is -2.44. The summed E-state index contributed by atoms with van der Waals surface area (Å²) in [5.41, 5.74) is 5.75. The van der Waals surface area contributed by atoms with Gasteiger partial charge < -0.3 is 15.8 Å². The molecule has 2 atom stereocenters. The van der Waals surface area contributed by atoms with Crippen molar-refractivity contribution in [1.29, 1.82) is 0 Å². The quantitative estimate of drug-likeness (QED) is 0.608. The molecule has 100 valence electrons. The van der Waals surface area contributed by atoms with Gasteiger partial charge in [-0.05, 0) is 32.4 Å². The summed E-state index contributed by atoms with van der Waals surface area (Å²) in [7, 11) is 3.64. The van der Waals surface area contributed by atoms with Gasteiger partial charge >= 0.3 is 0 Å². The molecule has 0 spiro atoms. The Kier molecular flexibility index (Phi) is 6.47. The molecule has 0 aromatic heterocycles. The van der Waals surface area contributed by atoms with E-state index in [-0.39, 0.29) is 5.91 Å². The Hall–Kier alpha value is -0.650. The SMILES string of the molecule is COCCNC(=O)CN(C)C1CCCC1CN. The van der Waals surface area contributed by atoms with Crippen LogP contribution in [0.1, 0.15) is 19.3 Å². The van der Waals surface area contributed by atoms with E-state index in [0.717, 1.165) is 13.0 Å². The molecule has 1 aliphatic carbocycles. The predicted molar refractivity (Wildman–Crippen MR) is 67.7 cm³/mol. The third-order valence-electron chi connectivity index (χ3n) is 3.51. The first kappa shape index (κ1) is 14.4. The number of rotatable bonds is 7. The summed E-state index contributed by atoms with van der Waals surface area (Å²) >= 11 is 0. The number of methoxy groups -OCH3 is 1. The molecule has 1 fully saturated rings. The molecular formula is C12H25N3O2. The van der Waals surface area contributed by atoms with Gasteiger partial charge in [-0.25, -0.2) is 0 Å². The van der Waals surface area contributed by atoms with Crippen molar-refractivity contribution in [2.24, 2.45) is 11.7 Å². The van der Waals surface area contributed by atoms with Crippen LogP contribution >= 0.6 is 0 Å². The van der Waals surface area contributed by atoms with Gasteiger partial charge in [-0.15, -0.1) is 0 Å². The Morgan fingerprint density at radius 2 is 2.29 bits per heavy atom. The van der Waals surface area contributed by atoms with Crippen LogP contribution in [0.3, 0.4) is 0 Å². The monoisotopic (exact) mass is 243 g/mol. The van der Waals surface area contributed by atoms with Crippen molar-refractivity contribution < 1.29 is 9.53 Å². The molecule has 17 heavy (non-hydrogen) atoms. The van der Waals surface area contributed by atoms with Crippen LogP contribution < -0.4 is 11.1 Å². The second-order valence-electron chi connectivity index (χ2n) is 4.75. The van der Waals surface area contributed by atoms with E-state index in [1.54, 1.807) is 7.11 Å². The summed E-state index contributed by atoms with van der Waals surface area (Å²) in [4.78, 5) is 13.8. The van der Waals surface area contributed by atoms with Crippen LogP contribution in [0, 0.1) is 5.92 Å². The van der Waals surface area contributed by atoms with Crippen molar-refractivity contribution in [2.75, 3.05) is 40.4 Å². The molecule has 5 nitrogen and oxygen atoms in total. The maximum atomic E-state index is 11.6. The van der Waals surface area contributed by atoms with E-state index < -0.39 is 0 Å². The second kappa shape index (κ2) is 7.63. The van der Waals surface area contributed by atoms with E-state index in [4.69, 9.17) is 10.5 Å². The van der Waals surface area contributed by atoms with Crippen molar-refractivity contribution >= 4 is 5.91 Å². The van der Waals surface area contributed by atoms with Crippen LogP contribution in [0.25, 0.3) is 0 Å². The van der Waals surface area contributed by atoms with Gasteiger partial charge in [0.2, 0.25) is 5.91 Å². The highest BCUT2D eigenvalue weighted by atomic mass is 16.5. The molecule has 0 heterocycles. The maximum absolute atomic E-state index is 11.6. The van der Waals surface area contributed by atoms with Crippen molar-refractivity contribution in [3.63, 3.8) is 0 Å². The predicted octanol–water partition coefficient (Wildman–Crippen LogP) is -0.192. The molecule has 0 bridgehead atoms. The summed E-state index contributed by atoms with van der Waals surface area (Å²) in [6, 6.07) is 0.466. The molecule has 3 N–H and O–H groups in total. The highest BCUT2D eigenvalue weighted by molar-refractivity contribution is 5.77. The van der Waals surface area contributed by atoms with Crippen LogP contribution in [0.5, 0.6) is 0 Å². The van der Waals surface area contributed by atoms with Crippen molar-refractivity contribution in [3.8, 4) is 0 Å². The molecule has 1 rings (SSSR count). The number of nitrogens with one attached hydrogen (secondary N) is 1. The highest BCUT2D eigenvalue weighted by Gasteiger charge is 2.29. The molecule has 1 saturated carbocycles.